The van der Waals surface area contributed by atoms with Crippen LogP contribution in [-0.4, -0.2) is 22.9 Å². The third-order valence-corrected chi connectivity index (χ3v) is 3.89. The molecule has 1 fully saturated rings. The maximum Gasteiger partial charge on any atom is 0.247 e. The molecule has 2 atom stereocenters. The molecule has 90 valence electrons. The predicted octanol–water partition coefficient (Wildman–Crippen LogP) is 3.28. The molecule has 0 spiro atoms. The molecule has 2 nitrogen and oxygen atoms in total. The zero-order valence-corrected chi connectivity index (χ0v) is 10.3. The van der Waals surface area contributed by atoms with Gasteiger partial charge in [-0.3, -0.25) is 4.79 Å². The van der Waals surface area contributed by atoms with E-state index in [0.717, 1.165) is 0 Å². The fraction of sp³-hybridized carbons (Fsp3) is 0.786. The first-order valence-corrected chi connectivity index (χ1v) is 6.83. The molecule has 0 unspecified atom stereocenters. The Labute approximate surface area is 98.7 Å². The number of amides is 1. The second-order valence-corrected chi connectivity index (χ2v) is 5.11. The van der Waals surface area contributed by atoms with Crippen molar-refractivity contribution in [3.05, 3.63) is 12.2 Å². The first kappa shape index (κ1) is 11.7. The van der Waals surface area contributed by atoms with E-state index in [1.54, 1.807) is 6.08 Å². The highest BCUT2D eigenvalue weighted by molar-refractivity contribution is 5.91. The van der Waals surface area contributed by atoms with Gasteiger partial charge in [-0.15, -0.1) is 0 Å². The number of hydrogen-bond acceptors (Lipinski definition) is 1. The molecule has 0 N–H and O–H groups in total. The van der Waals surface area contributed by atoms with Gasteiger partial charge in [0.25, 0.3) is 0 Å². The molecule has 0 saturated carbocycles. The molecule has 2 heteroatoms. The van der Waals surface area contributed by atoms with Gasteiger partial charge in [-0.05, 0) is 25.7 Å². The van der Waals surface area contributed by atoms with Gasteiger partial charge in [-0.2, -0.15) is 0 Å². The van der Waals surface area contributed by atoms with Gasteiger partial charge in [0.15, 0.2) is 0 Å². The predicted molar refractivity (Wildman–Crippen MR) is 66.2 cm³/mol. The van der Waals surface area contributed by atoms with Crippen LogP contribution < -0.4 is 0 Å². The van der Waals surface area contributed by atoms with Crippen molar-refractivity contribution in [1.29, 1.82) is 0 Å². The largest absolute Gasteiger partial charge is 0.330 e. The lowest BCUT2D eigenvalue weighted by Gasteiger charge is -2.38. The molecule has 0 bridgehead atoms. The van der Waals surface area contributed by atoms with Gasteiger partial charge < -0.3 is 4.90 Å². The van der Waals surface area contributed by atoms with Crippen LogP contribution in [0.15, 0.2) is 12.2 Å². The van der Waals surface area contributed by atoms with Gasteiger partial charge >= 0.3 is 0 Å². The summed E-state index contributed by atoms with van der Waals surface area (Å²) in [4.78, 5) is 13.9. The summed E-state index contributed by atoms with van der Waals surface area (Å²) < 4.78 is 0. The van der Waals surface area contributed by atoms with E-state index in [1.807, 2.05) is 0 Å². The van der Waals surface area contributed by atoms with E-state index in [-0.39, 0.29) is 5.91 Å². The second kappa shape index (κ2) is 5.51. The van der Waals surface area contributed by atoms with E-state index < -0.39 is 0 Å². The SMILES string of the molecule is CCCCCC[C@H]1CCC[C@@H]2C=CC(=O)N12. The summed E-state index contributed by atoms with van der Waals surface area (Å²) in [6.07, 6.45) is 14.0. The highest BCUT2D eigenvalue weighted by atomic mass is 16.2. The van der Waals surface area contributed by atoms with E-state index in [0.29, 0.717) is 12.1 Å². The van der Waals surface area contributed by atoms with Crippen LogP contribution in [0.5, 0.6) is 0 Å². The Bertz CT molecular complexity index is 272. The molecule has 2 aliphatic rings. The monoisotopic (exact) mass is 221 g/mol. The van der Waals surface area contributed by atoms with Crippen LogP contribution in [0, 0.1) is 0 Å². The van der Waals surface area contributed by atoms with Crippen molar-refractivity contribution >= 4 is 5.91 Å². The summed E-state index contributed by atoms with van der Waals surface area (Å²) in [6.45, 7) is 2.24. The van der Waals surface area contributed by atoms with Gasteiger partial charge in [-0.1, -0.05) is 38.7 Å². The summed E-state index contributed by atoms with van der Waals surface area (Å²) in [5.41, 5.74) is 0. The molecule has 0 aromatic carbocycles. The van der Waals surface area contributed by atoms with E-state index in [1.165, 1.54) is 51.4 Å². The van der Waals surface area contributed by atoms with Crippen LogP contribution in [0.3, 0.4) is 0 Å². The molecule has 2 heterocycles. The second-order valence-electron chi connectivity index (χ2n) is 5.11. The lowest BCUT2D eigenvalue weighted by molar-refractivity contribution is -0.130. The van der Waals surface area contributed by atoms with E-state index >= 15 is 0 Å². The molecule has 1 amide bonds. The Morgan fingerprint density at radius 3 is 3.00 bits per heavy atom. The third-order valence-electron chi connectivity index (χ3n) is 3.89. The lowest BCUT2D eigenvalue weighted by Crippen LogP contribution is -2.45. The standard InChI is InChI=1S/C14H23NO/c1-2-3-4-5-7-12-8-6-9-13-10-11-14(16)15(12)13/h10-13H,2-9H2,1H3/t12-,13+/m0/s1. The highest BCUT2D eigenvalue weighted by Gasteiger charge is 2.34. The topological polar surface area (TPSA) is 20.3 Å². The van der Waals surface area contributed by atoms with Crippen molar-refractivity contribution in [1.82, 2.24) is 4.90 Å². The molecule has 0 aromatic rings. The van der Waals surface area contributed by atoms with Gasteiger partial charge in [-0.25, -0.2) is 0 Å². The Balaban J connectivity index is 1.82. The quantitative estimate of drug-likeness (QED) is 0.652. The van der Waals surface area contributed by atoms with Crippen LogP contribution in [0.1, 0.15) is 58.3 Å². The molecule has 0 aromatic heterocycles. The number of rotatable bonds is 5. The number of hydrogen-bond donors (Lipinski definition) is 0. The molecule has 0 aliphatic carbocycles. The minimum Gasteiger partial charge on any atom is -0.330 e. The fourth-order valence-corrected chi connectivity index (χ4v) is 3.01. The average Bonchev–Trinajstić information content (AvgIpc) is 2.68. The van der Waals surface area contributed by atoms with Crippen molar-refractivity contribution in [2.75, 3.05) is 0 Å². The number of fused-ring (bicyclic) bond motifs is 1. The van der Waals surface area contributed by atoms with Crippen LogP contribution in [0.4, 0.5) is 0 Å². The number of piperidine rings is 1. The number of carbonyl (C=O) groups excluding carboxylic acids is 1. The Hall–Kier alpha value is -0.790. The zero-order valence-electron chi connectivity index (χ0n) is 10.3. The van der Waals surface area contributed by atoms with Gasteiger partial charge in [0.05, 0.1) is 6.04 Å². The normalized spacial score (nSPS) is 28.6. The number of unbranched alkanes of at least 4 members (excludes halogenated alkanes) is 3. The first-order valence-electron chi connectivity index (χ1n) is 6.83. The zero-order chi connectivity index (χ0) is 11.4. The van der Waals surface area contributed by atoms with Crippen molar-refractivity contribution < 1.29 is 4.79 Å². The molecule has 2 aliphatic heterocycles. The van der Waals surface area contributed by atoms with E-state index in [4.69, 9.17) is 0 Å². The summed E-state index contributed by atoms with van der Waals surface area (Å²) in [5.74, 6) is 0.255. The van der Waals surface area contributed by atoms with Crippen molar-refractivity contribution in [2.24, 2.45) is 0 Å². The van der Waals surface area contributed by atoms with Crippen molar-refractivity contribution in [3.63, 3.8) is 0 Å². The fourth-order valence-electron chi connectivity index (χ4n) is 3.01. The van der Waals surface area contributed by atoms with Crippen LogP contribution in [-0.2, 0) is 4.79 Å². The third kappa shape index (κ3) is 2.47. The smallest absolute Gasteiger partial charge is 0.247 e. The molecule has 2 rings (SSSR count). The van der Waals surface area contributed by atoms with E-state index in [9.17, 15) is 4.79 Å². The summed E-state index contributed by atoms with van der Waals surface area (Å²) in [5, 5.41) is 0. The van der Waals surface area contributed by atoms with Gasteiger partial charge in [0.1, 0.15) is 0 Å². The first-order chi connectivity index (χ1) is 7.83. The summed E-state index contributed by atoms with van der Waals surface area (Å²) >= 11 is 0. The number of carbonyl (C=O) groups is 1. The number of nitrogens with zero attached hydrogens (tertiary/aromatic N) is 1. The van der Waals surface area contributed by atoms with Crippen LogP contribution >= 0.6 is 0 Å². The average molecular weight is 221 g/mol. The molecular weight excluding hydrogens is 198 g/mol. The Morgan fingerprint density at radius 1 is 1.31 bits per heavy atom. The molecule has 16 heavy (non-hydrogen) atoms. The van der Waals surface area contributed by atoms with Crippen LogP contribution in [0.25, 0.3) is 0 Å². The summed E-state index contributed by atoms with van der Waals surface area (Å²) in [7, 11) is 0. The minimum atomic E-state index is 0.255. The van der Waals surface area contributed by atoms with Crippen LogP contribution in [0.2, 0.25) is 0 Å². The van der Waals surface area contributed by atoms with Gasteiger partial charge in [0, 0.05) is 12.1 Å². The molecular formula is C14H23NO. The summed E-state index contributed by atoms with van der Waals surface area (Å²) in [6, 6.07) is 0.954. The van der Waals surface area contributed by atoms with E-state index in [2.05, 4.69) is 17.9 Å². The lowest BCUT2D eigenvalue weighted by atomic mass is 9.93. The van der Waals surface area contributed by atoms with Crippen molar-refractivity contribution in [2.45, 2.75) is 70.4 Å². The maximum atomic E-state index is 11.7. The Kier molecular flexibility index (Phi) is 4.03. The highest BCUT2D eigenvalue weighted by Crippen LogP contribution is 2.30. The van der Waals surface area contributed by atoms with Gasteiger partial charge in [0.2, 0.25) is 5.91 Å². The maximum absolute atomic E-state index is 11.7. The minimum absolute atomic E-state index is 0.255. The Morgan fingerprint density at radius 2 is 2.19 bits per heavy atom. The molecule has 0 radical (unpaired) electrons. The van der Waals surface area contributed by atoms with Crippen molar-refractivity contribution in [3.8, 4) is 0 Å². The molecule has 1 saturated heterocycles.